The molecule has 0 radical (unpaired) electrons. The van der Waals surface area contributed by atoms with Gasteiger partial charge in [0.2, 0.25) is 10.8 Å². The molecule has 120 valence electrons. The summed E-state index contributed by atoms with van der Waals surface area (Å²) in [5, 5.41) is 17.6. The third-order valence-corrected chi connectivity index (χ3v) is 4.27. The number of benzene rings is 1. The average Bonchev–Trinajstić information content (AvgIpc) is 3.28. The number of rotatable bonds is 4. The molecule has 0 spiro atoms. The van der Waals surface area contributed by atoms with Gasteiger partial charge in [-0.15, -0.1) is 10.2 Å². The van der Waals surface area contributed by atoms with Gasteiger partial charge in [-0.1, -0.05) is 34.7 Å². The van der Waals surface area contributed by atoms with E-state index in [-0.39, 0.29) is 0 Å². The Morgan fingerprint density at radius 3 is 2.88 bits per heavy atom. The number of para-hydroxylation sites is 1. The Bertz CT molecular complexity index is 1030. The van der Waals surface area contributed by atoms with Gasteiger partial charge in [-0.3, -0.25) is 0 Å². The molecule has 0 saturated carbocycles. The minimum absolute atomic E-state index is 0.565. The molecule has 24 heavy (non-hydrogen) atoms. The smallest absolute Gasteiger partial charge is 0.235 e. The maximum Gasteiger partial charge on any atom is 0.235 e. The van der Waals surface area contributed by atoms with E-state index in [9.17, 15) is 0 Å². The van der Waals surface area contributed by atoms with Gasteiger partial charge in [0.15, 0.2) is 5.69 Å². The summed E-state index contributed by atoms with van der Waals surface area (Å²) in [6, 6.07) is 9.61. The van der Waals surface area contributed by atoms with Gasteiger partial charge in [0.1, 0.15) is 16.5 Å². The molecule has 0 bridgehead atoms. The van der Waals surface area contributed by atoms with E-state index in [0.717, 1.165) is 16.3 Å². The van der Waals surface area contributed by atoms with Crippen LogP contribution >= 0.6 is 11.3 Å². The molecule has 1 aromatic carbocycles. The zero-order valence-corrected chi connectivity index (χ0v) is 13.8. The Kier molecular flexibility index (Phi) is 3.58. The molecule has 3 aromatic heterocycles. The lowest BCUT2D eigenvalue weighted by Crippen LogP contribution is -1.90. The quantitative estimate of drug-likeness (QED) is 0.567. The van der Waals surface area contributed by atoms with Crippen molar-refractivity contribution < 1.29 is 9.26 Å². The lowest BCUT2D eigenvalue weighted by molar-refractivity contribution is 0.399. The van der Waals surface area contributed by atoms with Gasteiger partial charge < -0.3 is 9.26 Å². The predicted molar refractivity (Wildman–Crippen MR) is 90.8 cm³/mol. The number of ether oxygens (including phenoxy) is 1. The van der Waals surface area contributed by atoms with Crippen LogP contribution in [0.2, 0.25) is 0 Å². The monoisotopic (exact) mass is 339 g/mol. The van der Waals surface area contributed by atoms with Gasteiger partial charge in [0, 0.05) is 11.6 Å². The molecular formula is C16H13N5O2S. The zero-order chi connectivity index (χ0) is 16.5. The van der Waals surface area contributed by atoms with Crippen molar-refractivity contribution in [1.29, 1.82) is 0 Å². The van der Waals surface area contributed by atoms with Crippen LogP contribution in [0.1, 0.15) is 16.3 Å². The van der Waals surface area contributed by atoms with Crippen LogP contribution in [0.4, 0.5) is 0 Å². The molecule has 4 aromatic rings. The van der Waals surface area contributed by atoms with Crippen LogP contribution in [0.3, 0.4) is 0 Å². The van der Waals surface area contributed by atoms with E-state index in [2.05, 4.69) is 20.5 Å². The molecule has 8 heteroatoms. The molecule has 3 heterocycles. The first-order valence-electron chi connectivity index (χ1n) is 7.21. The first kappa shape index (κ1) is 14.6. The van der Waals surface area contributed by atoms with E-state index >= 15 is 0 Å². The molecule has 0 atom stereocenters. The van der Waals surface area contributed by atoms with Crippen molar-refractivity contribution in [3.63, 3.8) is 0 Å². The molecule has 0 N–H and O–H groups in total. The van der Waals surface area contributed by atoms with Crippen LogP contribution < -0.4 is 4.74 Å². The highest BCUT2D eigenvalue weighted by Gasteiger charge is 2.15. The third kappa shape index (κ3) is 2.56. The lowest BCUT2D eigenvalue weighted by atomic mass is 10.2. The van der Waals surface area contributed by atoms with Crippen molar-refractivity contribution in [1.82, 2.24) is 25.0 Å². The number of hydrogen-bond acceptors (Lipinski definition) is 7. The van der Waals surface area contributed by atoms with Gasteiger partial charge >= 0.3 is 0 Å². The Balaban J connectivity index is 1.69. The topological polar surface area (TPSA) is 78.3 Å². The highest BCUT2D eigenvalue weighted by Crippen LogP contribution is 2.24. The number of methoxy groups -OCH3 is 1. The summed E-state index contributed by atoms with van der Waals surface area (Å²) in [6.07, 6.45) is 3.89. The number of fused-ring (bicyclic) bond motifs is 1. The van der Waals surface area contributed by atoms with E-state index in [4.69, 9.17) is 9.26 Å². The maximum atomic E-state index is 5.34. The third-order valence-electron chi connectivity index (χ3n) is 3.41. The second kappa shape index (κ2) is 5.89. The number of aromatic nitrogens is 5. The molecule has 0 amide bonds. The molecule has 0 aliphatic rings. The molecule has 0 fully saturated rings. The van der Waals surface area contributed by atoms with Crippen LogP contribution in [0, 0.1) is 6.92 Å². The minimum atomic E-state index is 0.565. The van der Waals surface area contributed by atoms with E-state index in [1.807, 2.05) is 43.3 Å². The van der Waals surface area contributed by atoms with Gasteiger partial charge in [0.25, 0.3) is 0 Å². The summed E-state index contributed by atoms with van der Waals surface area (Å²) in [7, 11) is 1.65. The van der Waals surface area contributed by atoms with E-state index in [1.54, 1.807) is 17.7 Å². The summed E-state index contributed by atoms with van der Waals surface area (Å²) in [4.78, 5) is 0.699. The number of aryl methyl sites for hydroxylation is 1. The Morgan fingerprint density at radius 1 is 1.21 bits per heavy atom. The van der Waals surface area contributed by atoms with Gasteiger partial charge in [0.05, 0.1) is 7.11 Å². The van der Waals surface area contributed by atoms with Gasteiger partial charge in [-0.2, -0.15) is 9.61 Å². The van der Waals surface area contributed by atoms with E-state index < -0.39 is 0 Å². The molecule has 0 saturated heterocycles. The molecule has 4 rings (SSSR count). The zero-order valence-electron chi connectivity index (χ0n) is 13.0. The largest absolute Gasteiger partial charge is 0.496 e. The van der Waals surface area contributed by atoms with Crippen LogP contribution in [0.5, 0.6) is 5.75 Å². The standard InChI is InChI=1S/C16H13N5O2S/c1-10-9-12(20-23-10)15-17-18-16-21(15)19-14(24-16)8-7-11-5-3-4-6-13(11)22-2/h3-9H,1-2H3. The average molecular weight is 339 g/mol. The second-order valence-electron chi connectivity index (χ2n) is 5.06. The summed E-state index contributed by atoms with van der Waals surface area (Å²) >= 11 is 1.44. The number of nitrogens with zero attached hydrogens (tertiary/aromatic N) is 5. The fourth-order valence-corrected chi connectivity index (χ4v) is 3.04. The van der Waals surface area contributed by atoms with E-state index in [0.29, 0.717) is 22.2 Å². The van der Waals surface area contributed by atoms with Crippen LogP contribution in [-0.4, -0.2) is 32.1 Å². The first-order chi connectivity index (χ1) is 11.7. The Morgan fingerprint density at radius 2 is 2.08 bits per heavy atom. The lowest BCUT2D eigenvalue weighted by Gasteiger charge is -2.02. The predicted octanol–water partition coefficient (Wildman–Crippen LogP) is 3.33. The molecule has 0 aliphatic heterocycles. The molecule has 0 aliphatic carbocycles. The summed E-state index contributed by atoms with van der Waals surface area (Å²) < 4.78 is 12.1. The second-order valence-corrected chi connectivity index (χ2v) is 6.04. The van der Waals surface area contributed by atoms with Gasteiger partial charge in [-0.05, 0) is 25.1 Å². The highest BCUT2D eigenvalue weighted by atomic mass is 32.1. The van der Waals surface area contributed by atoms with Crippen molar-refractivity contribution in [2.45, 2.75) is 6.92 Å². The SMILES string of the molecule is COc1ccccc1C=Cc1nn2c(-c3cc(C)on3)nnc2s1. The Hall–Kier alpha value is -3.00. The Labute approximate surface area is 141 Å². The highest BCUT2D eigenvalue weighted by molar-refractivity contribution is 7.17. The van der Waals surface area contributed by atoms with Crippen LogP contribution in [0.15, 0.2) is 34.9 Å². The van der Waals surface area contributed by atoms with Crippen molar-refractivity contribution in [2.75, 3.05) is 7.11 Å². The van der Waals surface area contributed by atoms with E-state index in [1.165, 1.54) is 11.3 Å². The van der Waals surface area contributed by atoms with Crippen molar-refractivity contribution in [3.05, 3.63) is 46.7 Å². The molecular weight excluding hydrogens is 326 g/mol. The molecule has 0 unspecified atom stereocenters. The fraction of sp³-hybridized carbons (Fsp3) is 0.125. The summed E-state index contributed by atoms with van der Waals surface area (Å²) in [5.74, 6) is 2.10. The maximum absolute atomic E-state index is 5.34. The van der Waals surface area contributed by atoms with Crippen molar-refractivity contribution in [2.24, 2.45) is 0 Å². The van der Waals surface area contributed by atoms with Crippen LogP contribution in [-0.2, 0) is 0 Å². The summed E-state index contributed by atoms with van der Waals surface area (Å²) in [6.45, 7) is 1.83. The van der Waals surface area contributed by atoms with Crippen molar-refractivity contribution >= 4 is 28.4 Å². The normalized spacial score (nSPS) is 11.6. The number of hydrogen-bond donors (Lipinski definition) is 0. The fourth-order valence-electron chi connectivity index (χ4n) is 2.30. The minimum Gasteiger partial charge on any atom is -0.496 e. The summed E-state index contributed by atoms with van der Waals surface area (Å²) in [5.41, 5.74) is 1.60. The molecule has 7 nitrogen and oxygen atoms in total. The first-order valence-corrected chi connectivity index (χ1v) is 8.03. The van der Waals surface area contributed by atoms with Crippen molar-refractivity contribution in [3.8, 4) is 17.3 Å². The van der Waals surface area contributed by atoms with Gasteiger partial charge in [-0.25, -0.2) is 0 Å². The van der Waals surface area contributed by atoms with Crippen LogP contribution in [0.25, 0.3) is 28.6 Å².